The average molecular weight is 308 g/mol. The Morgan fingerprint density at radius 3 is 2.39 bits per heavy atom. The predicted molar refractivity (Wildman–Crippen MR) is 86.7 cm³/mol. The highest BCUT2D eigenvalue weighted by molar-refractivity contribution is 5.90. The summed E-state index contributed by atoms with van der Waals surface area (Å²) in [6.07, 6.45) is 0.718. The Labute approximate surface area is 132 Å². The van der Waals surface area contributed by atoms with Crippen molar-refractivity contribution in [3.63, 3.8) is 0 Å². The number of aromatic nitrogens is 3. The lowest BCUT2D eigenvalue weighted by atomic mass is 10.1. The summed E-state index contributed by atoms with van der Waals surface area (Å²) in [5.41, 5.74) is 1.30. The van der Waals surface area contributed by atoms with Crippen LogP contribution in [0.1, 0.15) is 16.2 Å². The first-order valence-corrected chi connectivity index (χ1v) is 7.31. The molecule has 0 saturated heterocycles. The third-order valence-electron chi connectivity index (χ3n) is 3.38. The lowest BCUT2D eigenvalue weighted by Gasteiger charge is -2.03. The van der Waals surface area contributed by atoms with Crippen LogP contribution in [0.3, 0.4) is 0 Å². The van der Waals surface area contributed by atoms with Crippen LogP contribution in [0.15, 0.2) is 65.5 Å². The summed E-state index contributed by atoms with van der Waals surface area (Å²) in [7, 11) is 0. The number of hydrogen-bond donors (Lipinski definition) is 2. The molecule has 0 fully saturated rings. The largest absolute Gasteiger partial charge is 0.349 e. The first-order valence-electron chi connectivity index (χ1n) is 7.31. The van der Waals surface area contributed by atoms with Gasteiger partial charge in [0, 0.05) is 6.54 Å². The molecule has 0 radical (unpaired) electrons. The van der Waals surface area contributed by atoms with Crippen molar-refractivity contribution in [3.8, 4) is 5.69 Å². The minimum atomic E-state index is -0.440. The van der Waals surface area contributed by atoms with Crippen LogP contribution in [0.2, 0.25) is 0 Å². The Bertz CT molecular complexity index is 838. The summed E-state index contributed by atoms with van der Waals surface area (Å²) in [5.74, 6) is -0.389. The number of para-hydroxylation sites is 1. The summed E-state index contributed by atoms with van der Waals surface area (Å²) >= 11 is 0. The van der Waals surface area contributed by atoms with E-state index in [2.05, 4.69) is 15.4 Å². The lowest BCUT2D eigenvalue weighted by Crippen LogP contribution is -2.27. The quantitative estimate of drug-likeness (QED) is 0.750. The van der Waals surface area contributed by atoms with E-state index in [4.69, 9.17) is 0 Å². The van der Waals surface area contributed by atoms with E-state index in [9.17, 15) is 9.59 Å². The van der Waals surface area contributed by atoms with Gasteiger partial charge in [-0.1, -0.05) is 48.5 Å². The van der Waals surface area contributed by atoms with Gasteiger partial charge in [-0.25, -0.2) is 4.79 Å². The molecule has 23 heavy (non-hydrogen) atoms. The molecule has 1 aromatic heterocycles. The zero-order valence-corrected chi connectivity index (χ0v) is 12.4. The summed E-state index contributed by atoms with van der Waals surface area (Å²) in [6.45, 7) is 0.475. The summed E-state index contributed by atoms with van der Waals surface area (Å²) in [5, 5.41) is 6.80. The second-order valence-corrected chi connectivity index (χ2v) is 5.02. The highest BCUT2D eigenvalue weighted by Crippen LogP contribution is 2.02. The fourth-order valence-corrected chi connectivity index (χ4v) is 2.22. The number of rotatable bonds is 5. The van der Waals surface area contributed by atoms with Gasteiger partial charge in [0.1, 0.15) is 0 Å². The molecular formula is C17H16N4O2. The maximum atomic E-state index is 12.1. The van der Waals surface area contributed by atoms with Gasteiger partial charge < -0.3 is 5.32 Å². The van der Waals surface area contributed by atoms with Crippen molar-refractivity contribution in [2.75, 3.05) is 6.54 Å². The molecule has 3 rings (SSSR count). The van der Waals surface area contributed by atoms with Gasteiger partial charge in [-0.3, -0.25) is 9.78 Å². The van der Waals surface area contributed by atoms with E-state index >= 15 is 0 Å². The Morgan fingerprint density at radius 2 is 1.70 bits per heavy atom. The van der Waals surface area contributed by atoms with Gasteiger partial charge in [-0.15, -0.1) is 5.10 Å². The van der Waals surface area contributed by atoms with Crippen LogP contribution in [0.4, 0.5) is 0 Å². The number of carbonyl (C=O) groups excluding carboxylic acids is 1. The summed E-state index contributed by atoms with van der Waals surface area (Å²) in [6, 6.07) is 18.8. The van der Waals surface area contributed by atoms with Crippen LogP contribution in [-0.2, 0) is 6.42 Å². The third kappa shape index (κ3) is 3.55. The molecule has 0 bridgehead atoms. The van der Waals surface area contributed by atoms with Gasteiger partial charge in [0.25, 0.3) is 5.91 Å². The Kier molecular flexibility index (Phi) is 4.33. The monoisotopic (exact) mass is 308 g/mol. The maximum Gasteiger partial charge on any atom is 0.348 e. The van der Waals surface area contributed by atoms with Crippen molar-refractivity contribution >= 4 is 5.91 Å². The van der Waals surface area contributed by atoms with Crippen molar-refractivity contribution < 1.29 is 4.79 Å². The van der Waals surface area contributed by atoms with Crippen LogP contribution in [-0.4, -0.2) is 27.2 Å². The number of nitrogens with zero attached hydrogens (tertiary/aromatic N) is 2. The van der Waals surface area contributed by atoms with Gasteiger partial charge >= 0.3 is 5.69 Å². The van der Waals surface area contributed by atoms with E-state index in [1.165, 1.54) is 4.68 Å². The number of aromatic amines is 1. The first-order chi connectivity index (χ1) is 11.2. The van der Waals surface area contributed by atoms with E-state index in [-0.39, 0.29) is 5.82 Å². The van der Waals surface area contributed by atoms with Crippen LogP contribution in [0.5, 0.6) is 0 Å². The van der Waals surface area contributed by atoms with Gasteiger partial charge in [-0.2, -0.15) is 4.68 Å². The van der Waals surface area contributed by atoms with Crippen LogP contribution in [0.25, 0.3) is 5.69 Å². The Balaban J connectivity index is 1.65. The van der Waals surface area contributed by atoms with E-state index in [1.54, 1.807) is 24.3 Å². The van der Waals surface area contributed by atoms with E-state index in [0.717, 1.165) is 12.0 Å². The molecule has 116 valence electrons. The number of carbonyl (C=O) groups is 1. The van der Waals surface area contributed by atoms with Crippen LogP contribution < -0.4 is 11.0 Å². The average Bonchev–Trinajstić information content (AvgIpc) is 2.98. The molecule has 0 spiro atoms. The second-order valence-electron chi connectivity index (χ2n) is 5.02. The van der Waals surface area contributed by atoms with E-state index in [0.29, 0.717) is 12.2 Å². The zero-order chi connectivity index (χ0) is 16.1. The molecule has 0 atom stereocenters. The van der Waals surface area contributed by atoms with E-state index in [1.807, 2.05) is 36.4 Å². The molecule has 6 nitrogen and oxygen atoms in total. The lowest BCUT2D eigenvalue weighted by molar-refractivity contribution is 0.0944. The molecule has 2 aromatic carbocycles. The Hall–Kier alpha value is -3.15. The normalized spacial score (nSPS) is 10.4. The number of benzene rings is 2. The first kappa shape index (κ1) is 14.8. The van der Waals surface area contributed by atoms with Crippen molar-refractivity contribution in [1.82, 2.24) is 20.1 Å². The topological polar surface area (TPSA) is 79.8 Å². The standard InChI is InChI=1S/C17H16N4O2/c22-16(18-12-11-13-7-3-1-4-8-13)15-19-17(23)21(20-15)14-9-5-2-6-10-14/h1-10H,11-12H2,(H,18,22)(H,19,20,23). The minimum Gasteiger partial charge on any atom is -0.349 e. The van der Waals surface area contributed by atoms with Crippen LogP contribution in [0, 0.1) is 0 Å². The van der Waals surface area contributed by atoms with Gasteiger partial charge in [-0.05, 0) is 24.1 Å². The van der Waals surface area contributed by atoms with E-state index < -0.39 is 11.6 Å². The molecule has 2 N–H and O–H groups in total. The molecule has 0 aliphatic rings. The fourth-order valence-electron chi connectivity index (χ4n) is 2.22. The summed E-state index contributed by atoms with van der Waals surface area (Å²) < 4.78 is 1.17. The molecule has 0 unspecified atom stereocenters. The zero-order valence-electron chi connectivity index (χ0n) is 12.4. The molecule has 0 saturated carbocycles. The molecule has 3 aromatic rings. The summed E-state index contributed by atoms with van der Waals surface area (Å²) in [4.78, 5) is 26.5. The fraction of sp³-hybridized carbons (Fsp3) is 0.118. The second kappa shape index (κ2) is 6.74. The number of nitrogens with one attached hydrogen (secondary N) is 2. The molecule has 0 aliphatic carbocycles. The highest BCUT2D eigenvalue weighted by Gasteiger charge is 2.13. The molecule has 1 amide bonds. The maximum absolute atomic E-state index is 12.1. The van der Waals surface area contributed by atoms with Crippen molar-refractivity contribution in [2.24, 2.45) is 0 Å². The highest BCUT2D eigenvalue weighted by atomic mass is 16.2. The Morgan fingerprint density at radius 1 is 1.04 bits per heavy atom. The van der Waals surface area contributed by atoms with Crippen molar-refractivity contribution in [2.45, 2.75) is 6.42 Å². The van der Waals surface area contributed by atoms with Gasteiger partial charge in [0.05, 0.1) is 5.69 Å². The SMILES string of the molecule is O=C(NCCc1ccccc1)c1nn(-c2ccccc2)c(=O)[nH]1. The minimum absolute atomic E-state index is 0.00640. The number of hydrogen-bond acceptors (Lipinski definition) is 3. The number of amides is 1. The predicted octanol–water partition coefficient (Wildman–Crippen LogP) is 1.53. The van der Waals surface area contributed by atoms with Gasteiger partial charge in [0.2, 0.25) is 5.82 Å². The molecular weight excluding hydrogens is 292 g/mol. The smallest absolute Gasteiger partial charge is 0.348 e. The third-order valence-corrected chi connectivity index (χ3v) is 3.38. The van der Waals surface area contributed by atoms with Gasteiger partial charge in [0.15, 0.2) is 0 Å². The number of H-pyrrole nitrogens is 1. The molecule has 1 heterocycles. The molecule has 6 heteroatoms. The van der Waals surface area contributed by atoms with Crippen molar-refractivity contribution in [1.29, 1.82) is 0 Å². The van der Waals surface area contributed by atoms with Crippen LogP contribution >= 0.6 is 0 Å². The molecule has 0 aliphatic heterocycles. The van der Waals surface area contributed by atoms with Crippen molar-refractivity contribution in [3.05, 3.63) is 82.5 Å².